The van der Waals surface area contributed by atoms with Crippen LogP contribution < -0.4 is 10.1 Å². The molecule has 6 heteroatoms. The molecule has 5 nitrogen and oxygen atoms in total. The Bertz CT molecular complexity index is 683. The molecule has 0 aliphatic carbocycles. The zero-order chi connectivity index (χ0) is 18.4. The number of rotatable bonds is 8. The Morgan fingerprint density at radius 1 is 1.28 bits per heavy atom. The number of aliphatic hydroxyl groups is 1. The molecule has 2 N–H and O–H groups in total. The number of amides is 1. The molecule has 2 rings (SSSR count). The standard InChI is InChI=1S/C19H26N2O3S/c1-5-19(6-2,12-22)21-17(23)16-11-25-18(20-16)14-7-9-15(10-8-14)24-13(3)4/h7-11,13,22H,5-6,12H2,1-4H3,(H,21,23). The number of ether oxygens (including phenoxy) is 1. The van der Waals surface area contributed by atoms with Crippen molar-refractivity contribution < 1.29 is 14.6 Å². The van der Waals surface area contributed by atoms with Gasteiger partial charge in [0.25, 0.3) is 5.91 Å². The van der Waals surface area contributed by atoms with Gasteiger partial charge >= 0.3 is 0 Å². The molecule has 0 radical (unpaired) electrons. The fraction of sp³-hybridized carbons (Fsp3) is 0.474. The van der Waals surface area contributed by atoms with E-state index >= 15 is 0 Å². The van der Waals surface area contributed by atoms with Crippen molar-refractivity contribution in [3.05, 3.63) is 35.3 Å². The molecule has 2 aromatic rings. The summed E-state index contributed by atoms with van der Waals surface area (Å²) in [5.41, 5.74) is 0.734. The zero-order valence-electron chi connectivity index (χ0n) is 15.2. The van der Waals surface area contributed by atoms with Crippen molar-refractivity contribution in [3.8, 4) is 16.3 Å². The summed E-state index contributed by atoms with van der Waals surface area (Å²) in [7, 11) is 0. The van der Waals surface area contributed by atoms with Gasteiger partial charge in [0.2, 0.25) is 0 Å². The highest BCUT2D eigenvalue weighted by Crippen LogP contribution is 2.26. The van der Waals surface area contributed by atoms with Gasteiger partial charge in [-0.05, 0) is 51.0 Å². The van der Waals surface area contributed by atoms with Crippen LogP contribution in [-0.2, 0) is 0 Å². The fourth-order valence-corrected chi connectivity index (χ4v) is 3.26. The Labute approximate surface area is 153 Å². The summed E-state index contributed by atoms with van der Waals surface area (Å²) in [6.45, 7) is 7.79. The first kappa shape index (κ1) is 19.4. The van der Waals surface area contributed by atoms with Crippen LogP contribution in [0.2, 0.25) is 0 Å². The molecule has 0 aliphatic rings. The average molecular weight is 362 g/mol. The number of nitrogens with one attached hydrogen (secondary N) is 1. The van der Waals surface area contributed by atoms with E-state index in [2.05, 4.69) is 10.3 Å². The van der Waals surface area contributed by atoms with Gasteiger partial charge in [0.15, 0.2) is 0 Å². The van der Waals surface area contributed by atoms with E-state index in [0.717, 1.165) is 16.3 Å². The van der Waals surface area contributed by atoms with Crippen molar-refractivity contribution in [1.29, 1.82) is 0 Å². The van der Waals surface area contributed by atoms with Crippen LogP contribution in [0.5, 0.6) is 5.75 Å². The Balaban J connectivity index is 2.12. The van der Waals surface area contributed by atoms with E-state index in [9.17, 15) is 9.90 Å². The zero-order valence-corrected chi connectivity index (χ0v) is 16.0. The highest BCUT2D eigenvalue weighted by atomic mass is 32.1. The molecule has 0 bridgehead atoms. The quantitative estimate of drug-likeness (QED) is 0.747. The van der Waals surface area contributed by atoms with Crippen molar-refractivity contribution in [2.24, 2.45) is 0 Å². The third kappa shape index (κ3) is 4.80. The molecule has 25 heavy (non-hydrogen) atoms. The maximum Gasteiger partial charge on any atom is 0.271 e. The van der Waals surface area contributed by atoms with E-state index in [0.29, 0.717) is 18.5 Å². The number of nitrogens with zero attached hydrogens (tertiary/aromatic N) is 1. The van der Waals surface area contributed by atoms with Crippen LogP contribution in [0.4, 0.5) is 0 Å². The molecule has 0 spiro atoms. The molecule has 1 heterocycles. The van der Waals surface area contributed by atoms with Crippen LogP contribution >= 0.6 is 11.3 Å². The summed E-state index contributed by atoms with van der Waals surface area (Å²) < 4.78 is 5.64. The summed E-state index contributed by atoms with van der Waals surface area (Å²) in [6.07, 6.45) is 1.46. The monoisotopic (exact) mass is 362 g/mol. The van der Waals surface area contributed by atoms with Crippen molar-refractivity contribution in [2.45, 2.75) is 52.2 Å². The van der Waals surface area contributed by atoms with Gasteiger partial charge in [-0.25, -0.2) is 4.98 Å². The van der Waals surface area contributed by atoms with Gasteiger partial charge in [0, 0.05) is 10.9 Å². The van der Waals surface area contributed by atoms with E-state index < -0.39 is 5.54 Å². The molecule has 136 valence electrons. The lowest BCUT2D eigenvalue weighted by Gasteiger charge is -2.30. The first-order chi connectivity index (χ1) is 11.9. The predicted molar refractivity (Wildman–Crippen MR) is 101 cm³/mol. The molecular formula is C19H26N2O3S. The van der Waals surface area contributed by atoms with Crippen LogP contribution in [-0.4, -0.2) is 34.2 Å². The normalized spacial score (nSPS) is 11.6. The summed E-state index contributed by atoms with van der Waals surface area (Å²) >= 11 is 1.42. The third-order valence-electron chi connectivity index (χ3n) is 4.24. The van der Waals surface area contributed by atoms with Gasteiger partial charge < -0.3 is 15.2 Å². The highest BCUT2D eigenvalue weighted by molar-refractivity contribution is 7.13. The number of benzene rings is 1. The second-order valence-electron chi connectivity index (χ2n) is 6.33. The van der Waals surface area contributed by atoms with Crippen molar-refractivity contribution in [1.82, 2.24) is 10.3 Å². The lowest BCUT2D eigenvalue weighted by atomic mass is 9.94. The number of hydrogen-bond acceptors (Lipinski definition) is 5. The first-order valence-electron chi connectivity index (χ1n) is 8.59. The van der Waals surface area contributed by atoms with E-state index in [1.807, 2.05) is 52.0 Å². The first-order valence-corrected chi connectivity index (χ1v) is 9.47. The molecule has 1 aromatic heterocycles. The predicted octanol–water partition coefficient (Wildman–Crippen LogP) is 3.88. The average Bonchev–Trinajstić information content (AvgIpc) is 3.10. The SMILES string of the molecule is CCC(CC)(CO)NC(=O)c1csc(-c2ccc(OC(C)C)cc2)n1. The van der Waals surface area contributed by atoms with Crippen LogP contribution in [0.3, 0.4) is 0 Å². The molecule has 0 saturated carbocycles. The van der Waals surface area contributed by atoms with Gasteiger partial charge in [-0.3, -0.25) is 4.79 Å². The van der Waals surface area contributed by atoms with Crippen molar-refractivity contribution in [3.63, 3.8) is 0 Å². The number of aliphatic hydroxyl groups excluding tert-OH is 1. The Morgan fingerprint density at radius 2 is 1.92 bits per heavy atom. The van der Waals surface area contributed by atoms with Crippen LogP contribution in [0, 0.1) is 0 Å². The highest BCUT2D eigenvalue weighted by Gasteiger charge is 2.28. The molecule has 0 saturated heterocycles. The maximum absolute atomic E-state index is 12.5. The Kier molecular flexibility index (Phi) is 6.56. The Morgan fingerprint density at radius 3 is 2.44 bits per heavy atom. The second-order valence-corrected chi connectivity index (χ2v) is 7.19. The number of carbonyl (C=O) groups excluding carboxylic acids is 1. The molecule has 1 aromatic carbocycles. The van der Waals surface area contributed by atoms with E-state index in [1.165, 1.54) is 11.3 Å². The molecule has 0 atom stereocenters. The Hall–Kier alpha value is -1.92. The number of aromatic nitrogens is 1. The third-order valence-corrected chi connectivity index (χ3v) is 5.14. The molecule has 0 unspecified atom stereocenters. The largest absolute Gasteiger partial charge is 0.491 e. The van der Waals surface area contributed by atoms with Crippen molar-refractivity contribution in [2.75, 3.05) is 6.61 Å². The maximum atomic E-state index is 12.5. The van der Waals surface area contributed by atoms with Gasteiger partial charge in [-0.15, -0.1) is 11.3 Å². The molecular weight excluding hydrogens is 336 g/mol. The summed E-state index contributed by atoms with van der Waals surface area (Å²) in [5.74, 6) is 0.562. The smallest absolute Gasteiger partial charge is 0.271 e. The summed E-state index contributed by atoms with van der Waals surface area (Å²) in [5, 5.41) is 15.1. The molecule has 0 aliphatic heterocycles. The fourth-order valence-electron chi connectivity index (χ4n) is 2.45. The lowest BCUT2D eigenvalue weighted by molar-refractivity contribution is 0.0813. The van der Waals surface area contributed by atoms with Crippen LogP contribution in [0.25, 0.3) is 10.6 Å². The van der Waals surface area contributed by atoms with Crippen molar-refractivity contribution >= 4 is 17.2 Å². The van der Waals surface area contributed by atoms with Gasteiger partial charge in [-0.2, -0.15) is 0 Å². The van der Waals surface area contributed by atoms with Crippen LogP contribution in [0.15, 0.2) is 29.6 Å². The van der Waals surface area contributed by atoms with E-state index in [4.69, 9.17) is 4.74 Å². The second kappa shape index (κ2) is 8.45. The summed E-state index contributed by atoms with van der Waals surface area (Å²) in [4.78, 5) is 16.9. The minimum Gasteiger partial charge on any atom is -0.491 e. The molecule has 1 amide bonds. The summed E-state index contributed by atoms with van der Waals surface area (Å²) in [6, 6.07) is 7.69. The minimum atomic E-state index is -0.587. The van der Waals surface area contributed by atoms with Gasteiger partial charge in [0.05, 0.1) is 18.2 Å². The van der Waals surface area contributed by atoms with E-state index in [-0.39, 0.29) is 18.6 Å². The van der Waals surface area contributed by atoms with Gasteiger partial charge in [0.1, 0.15) is 16.5 Å². The number of hydrogen-bond donors (Lipinski definition) is 2. The topological polar surface area (TPSA) is 71.5 Å². The van der Waals surface area contributed by atoms with Gasteiger partial charge in [-0.1, -0.05) is 13.8 Å². The minimum absolute atomic E-state index is 0.0833. The van der Waals surface area contributed by atoms with Crippen LogP contribution in [0.1, 0.15) is 51.0 Å². The number of carbonyl (C=O) groups is 1. The lowest BCUT2D eigenvalue weighted by Crippen LogP contribution is -2.50. The van der Waals surface area contributed by atoms with E-state index in [1.54, 1.807) is 5.38 Å². The molecule has 0 fully saturated rings. The number of thiazole rings is 1.